The summed E-state index contributed by atoms with van der Waals surface area (Å²) in [5.41, 5.74) is 1.24. The lowest BCUT2D eigenvalue weighted by Crippen LogP contribution is -2.19. The summed E-state index contributed by atoms with van der Waals surface area (Å²) < 4.78 is 11.6. The lowest BCUT2D eigenvalue weighted by atomic mass is 10.3. The Balaban J connectivity index is 2.28. The highest BCUT2D eigenvalue weighted by Gasteiger charge is 2.21. The molecule has 2 rings (SSSR count). The third kappa shape index (κ3) is 3.70. The average molecular weight is 332 g/mol. The van der Waals surface area contributed by atoms with Crippen LogP contribution in [0, 0.1) is 6.92 Å². The Labute approximate surface area is 139 Å². The molecular formula is C16H20N4O4. The van der Waals surface area contributed by atoms with Crippen LogP contribution in [0.15, 0.2) is 23.9 Å². The minimum Gasteiger partial charge on any atom is -0.462 e. The van der Waals surface area contributed by atoms with E-state index in [0.29, 0.717) is 11.5 Å². The summed E-state index contributed by atoms with van der Waals surface area (Å²) in [6, 6.07) is 3.51. The first kappa shape index (κ1) is 17.5. The molecule has 0 amide bonds. The Kier molecular flexibility index (Phi) is 5.51. The smallest absolute Gasteiger partial charge is 0.347 e. The third-order valence-electron chi connectivity index (χ3n) is 3.29. The fourth-order valence-corrected chi connectivity index (χ4v) is 2.02. The van der Waals surface area contributed by atoms with Crippen LogP contribution in [0.1, 0.15) is 19.7 Å². The normalized spacial score (nSPS) is 10.3. The number of hydrogen-bond acceptors (Lipinski definition) is 7. The fraction of sp³-hybridized carbons (Fsp3) is 0.375. The van der Waals surface area contributed by atoms with Crippen molar-refractivity contribution in [3.05, 3.63) is 29.7 Å². The molecular weight excluding hydrogens is 312 g/mol. The topological polar surface area (TPSA) is 95.3 Å². The number of carbonyl (C=O) groups is 2. The van der Waals surface area contributed by atoms with Gasteiger partial charge in [0.25, 0.3) is 0 Å². The number of esters is 2. The van der Waals surface area contributed by atoms with Crippen LogP contribution >= 0.6 is 0 Å². The van der Waals surface area contributed by atoms with E-state index < -0.39 is 11.9 Å². The molecule has 0 bridgehead atoms. The summed E-state index contributed by atoms with van der Waals surface area (Å²) >= 11 is 0. The van der Waals surface area contributed by atoms with Crippen molar-refractivity contribution in [1.29, 1.82) is 0 Å². The van der Waals surface area contributed by atoms with Gasteiger partial charge in [-0.05, 0) is 32.9 Å². The van der Waals surface area contributed by atoms with Crippen LogP contribution in [0.25, 0.3) is 11.2 Å². The lowest BCUT2D eigenvalue weighted by Gasteiger charge is -2.07. The summed E-state index contributed by atoms with van der Waals surface area (Å²) in [5, 5.41) is 2.84. The first-order valence-corrected chi connectivity index (χ1v) is 7.58. The van der Waals surface area contributed by atoms with Gasteiger partial charge in [-0.15, -0.1) is 0 Å². The van der Waals surface area contributed by atoms with Gasteiger partial charge in [0.15, 0.2) is 11.2 Å². The van der Waals surface area contributed by atoms with E-state index in [-0.39, 0.29) is 18.8 Å². The molecule has 0 saturated heterocycles. The van der Waals surface area contributed by atoms with Gasteiger partial charge in [0.1, 0.15) is 17.2 Å². The number of imidazole rings is 1. The Bertz CT molecular complexity index is 775. The number of anilines is 1. The molecule has 128 valence electrons. The molecule has 2 aromatic heterocycles. The molecule has 0 atom stereocenters. The lowest BCUT2D eigenvalue weighted by molar-refractivity contribution is -0.146. The minimum absolute atomic E-state index is 0.161. The van der Waals surface area contributed by atoms with Gasteiger partial charge in [0.05, 0.1) is 13.2 Å². The fourth-order valence-electron chi connectivity index (χ4n) is 2.02. The van der Waals surface area contributed by atoms with Gasteiger partial charge in [0, 0.05) is 13.2 Å². The molecule has 8 nitrogen and oxygen atoms in total. The predicted molar refractivity (Wildman–Crippen MR) is 88.2 cm³/mol. The maximum Gasteiger partial charge on any atom is 0.347 e. The van der Waals surface area contributed by atoms with Crippen LogP contribution in [-0.2, 0) is 26.1 Å². The molecule has 0 saturated carbocycles. The van der Waals surface area contributed by atoms with E-state index in [1.165, 1.54) is 6.20 Å². The van der Waals surface area contributed by atoms with E-state index in [0.717, 1.165) is 11.3 Å². The standard InChI is InChI=1S/C16H20N4O4/c1-5-23-15(21)11(16(22)24-6-2)9-17-13-8-7-12-14(19-13)20(4)10(3)18-12/h7-9H,5-6H2,1-4H3,(H,17,19). The van der Waals surface area contributed by atoms with Crippen molar-refractivity contribution >= 4 is 28.9 Å². The summed E-state index contributed by atoms with van der Waals surface area (Å²) in [7, 11) is 1.86. The van der Waals surface area contributed by atoms with E-state index in [1.54, 1.807) is 26.0 Å². The van der Waals surface area contributed by atoms with Crippen LogP contribution < -0.4 is 5.32 Å². The number of fused-ring (bicyclic) bond motifs is 1. The van der Waals surface area contributed by atoms with E-state index in [4.69, 9.17) is 9.47 Å². The Morgan fingerprint density at radius 1 is 1.17 bits per heavy atom. The third-order valence-corrected chi connectivity index (χ3v) is 3.29. The van der Waals surface area contributed by atoms with E-state index in [2.05, 4.69) is 15.3 Å². The summed E-state index contributed by atoms with van der Waals surface area (Å²) in [5.74, 6) is -0.192. The highest BCUT2D eigenvalue weighted by Crippen LogP contribution is 2.15. The van der Waals surface area contributed by atoms with Crippen LogP contribution in [0.3, 0.4) is 0 Å². The number of carbonyl (C=O) groups excluding carboxylic acids is 2. The molecule has 0 aromatic carbocycles. The maximum atomic E-state index is 11.9. The largest absolute Gasteiger partial charge is 0.462 e. The van der Waals surface area contributed by atoms with Crippen molar-refractivity contribution in [3.8, 4) is 0 Å². The summed E-state index contributed by atoms with van der Waals surface area (Å²) in [4.78, 5) is 32.6. The van der Waals surface area contributed by atoms with Crippen LogP contribution in [0.2, 0.25) is 0 Å². The molecule has 1 N–H and O–H groups in total. The van der Waals surface area contributed by atoms with Gasteiger partial charge in [-0.1, -0.05) is 0 Å². The summed E-state index contributed by atoms with van der Waals surface area (Å²) in [6.07, 6.45) is 1.24. The average Bonchev–Trinajstić information content (AvgIpc) is 2.83. The molecule has 0 aliphatic rings. The summed E-state index contributed by atoms with van der Waals surface area (Å²) in [6.45, 7) is 5.53. The van der Waals surface area contributed by atoms with Crippen molar-refractivity contribution < 1.29 is 19.1 Å². The van der Waals surface area contributed by atoms with Crippen LogP contribution in [0.4, 0.5) is 5.82 Å². The minimum atomic E-state index is -0.749. The molecule has 0 fully saturated rings. The molecule has 2 heterocycles. The number of nitrogens with one attached hydrogen (secondary N) is 1. The number of aryl methyl sites for hydroxylation is 2. The molecule has 0 spiro atoms. The number of aromatic nitrogens is 3. The van der Waals surface area contributed by atoms with E-state index >= 15 is 0 Å². The predicted octanol–water partition coefficient (Wildman–Crippen LogP) is 1.70. The molecule has 0 aliphatic heterocycles. The zero-order chi connectivity index (χ0) is 17.7. The molecule has 0 radical (unpaired) electrons. The Hall–Kier alpha value is -2.90. The van der Waals surface area contributed by atoms with Crippen LogP contribution in [0.5, 0.6) is 0 Å². The van der Waals surface area contributed by atoms with E-state index in [9.17, 15) is 9.59 Å². The number of hydrogen-bond donors (Lipinski definition) is 1. The van der Waals surface area contributed by atoms with Crippen molar-refractivity contribution in [2.24, 2.45) is 7.05 Å². The molecule has 24 heavy (non-hydrogen) atoms. The first-order valence-electron chi connectivity index (χ1n) is 7.58. The molecule has 8 heteroatoms. The zero-order valence-corrected chi connectivity index (χ0v) is 14.1. The van der Waals surface area contributed by atoms with Gasteiger partial charge in [-0.3, -0.25) is 0 Å². The van der Waals surface area contributed by atoms with Gasteiger partial charge in [-0.25, -0.2) is 19.6 Å². The van der Waals surface area contributed by atoms with Crippen molar-refractivity contribution in [2.45, 2.75) is 20.8 Å². The molecule has 0 unspecified atom stereocenters. The van der Waals surface area contributed by atoms with Gasteiger partial charge in [0.2, 0.25) is 0 Å². The second kappa shape index (κ2) is 7.58. The monoisotopic (exact) mass is 332 g/mol. The number of pyridine rings is 1. The first-order chi connectivity index (χ1) is 11.5. The molecule has 2 aromatic rings. The van der Waals surface area contributed by atoms with Gasteiger partial charge >= 0.3 is 11.9 Å². The van der Waals surface area contributed by atoms with E-state index in [1.807, 2.05) is 18.5 Å². The van der Waals surface area contributed by atoms with Crippen LogP contribution in [-0.4, -0.2) is 39.7 Å². The number of rotatable bonds is 6. The van der Waals surface area contributed by atoms with Gasteiger partial charge in [-0.2, -0.15) is 0 Å². The number of nitrogens with zero attached hydrogens (tertiary/aromatic N) is 3. The maximum absolute atomic E-state index is 11.9. The number of ether oxygens (including phenoxy) is 2. The highest BCUT2D eigenvalue weighted by molar-refractivity contribution is 6.14. The quantitative estimate of drug-likeness (QED) is 0.372. The molecule has 0 aliphatic carbocycles. The zero-order valence-electron chi connectivity index (χ0n) is 14.1. The van der Waals surface area contributed by atoms with Gasteiger partial charge < -0.3 is 19.4 Å². The highest BCUT2D eigenvalue weighted by atomic mass is 16.6. The Morgan fingerprint density at radius 2 is 1.79 bits per heavy atom. The second-order valence-corrected chi connectivity index (χ2v) is 4.90. The SMILES string of the molecule is CCOC(=O)C(=CNc1ccc2nc(C)n(C)c2n1)C(=O)OCC. The second-order valence-electron chi connectivity index (χ2n) is 4.90. The van der Waals surface area contributed by atoms with Crippen molar-refractivity contribution in [3.63, 3.8) is 0 Å². The van der Waals surface area contributed by atoms with Crippen molar-refractivity contribution in [2.75, 3.05) is 18.5 Å². The van der Waals surface area contributed by atoms with Crippen molar-refractivity contribution in [1.82, 2.24) is 14.5 Å². The Morgan fingerprint density at radius 3 is 2.38 bits per heavy atom.